The number of nitrogens with one attached hydrogen (secondary N) is 2. The summed E-state index contributed by atoms with van der Waals surface area (Å²) < 4.78 is 47.4. The van der Waals surface area contributed by atoms with Gasteiger partial charge in [0, 0.05) is 31.5 Å². The van der Waals surface area contributed by atoms with Crippen LogP contribution in [0, 0.1) is 5.82 Å². The fraction of sp³-hybridized carbons (Fsp3) is 0.250. The molecule has 2 amide bonds. The number of benzene rings is 2. The minimum Gasteiger partial charge on any atom is -0.382 e. The first kappa shape index (κ1) is 26.8. The molecule has 1 fully saturated rings. The lowest BCUT2D eigenvalue weighted by Gasteiger charge is -2.27. The van der Waals surface area contributed by atoms with Crippen LogP contribution >= 0.6 is 0 Å². The van der Waals surface area contributed by atoms with Crippen LogP contribution in [-0.4, -0.2) is 67.7 Å². The number of hydrogen-bond acceptors (Lipinski definition) is 10. The van der Waals surface area contributed by atoms with Crippen molar-refractivity contribution < 1.29 is 31.3 Å². The van der Waals surface area contributed by atoms with Crippen molar-refractivity contribution in [1.29, 1.82) is 0 Å². The van der Waals surface area contributed by atoms with Gasteiger partial charge in [0.1, 0.15) is 11.6 Å². The Hall–Kier alpha value is -4.30. The third-order valence-electron chi connectivity index (χ3n) is 5.41. The van der Waals surface area contributed by atoms with E-state index in [0.717, 1.165) is 6.26 Å². The average Bonchev–Trinajstić information content (AvgIpc) is 2.87. The standard InChI is InChI=1S/C24H25FN6O6S/c1-38(34,35)37-20-6-5-17(12-18(20)23(33)31-7-9-36-10-8-31)29-24-28-14-19(21(26)32)22(30-24)27-13-15-3-2-4-16(25)11-15/h2-6,11-12,14H,7-10,13H2,1H3,(H2,26,32)(H2,27,28,29,30). The Balaban J connectivity index is 1.61. The second kappa shape index (κ2) is 11.4. The molecular formula is C24H25FN6O6S. The smallest absolute Gasteiger partial charge is 0.306 e. The van der Waals surface area contributed by atoms with E-state index in [9.17, 15) is 22.4 Å². The van der Waals surface area contributed by atoms with Gasteiger partial charge in [-0.2, -0.15) is 13.4 Å². The second-order valence-corrected chi connectivity index (χ2v) is 9.91. The number of nitrogens with zero attached hydrogens (tertiary/aromatic N) is 3. The van der Waals surface area contributed by atoms with Gasteiger partial charge < -0.3 is 30.2 Å². The zero-order valence-corrected chi connectivity index (χ0v) is 21.1. The summed E-state index contributed by atoms with van der Waals surface area (Å²) in [5.74, 6) is -1.57. The van der Waals surface area contributed by atoms with Gasteiger partial charge in [-0.05, 0) is 35.9 Å². The molecule has 0 bridgehead atoms. The molecule has 0 atom stereocenters. The highest BCUT2D eigenvalue weighted by atomic mass is 32.2. The Bertz CT molecular complexity index is 1460. The number of hydrogen-bond donors (Lipinski definition) is 3. The summed E-state index contributed by atoms with van der Waals surface area (Å²) in [6.45, 7) is 1.55. The van der Waals surface area contributed by atoms with Crippen LogP contribution in [0.25, 0.3) is 0 Å². The van der Waals surface area contributed by atoms with E-state index in [0.29, 0.717) is 37.6 Å². The van der Waals surface area contributed by atoms with Crippen LogP contribution in [0.2, 0.25) is 0 Å². The monoisotopic (exact) mass is 544 g/mol. The molecule has 12 nitrogen and oxygen atoms in total. The number of aromatic nitrogens is 2. The minimum atomic E-state index is -3.90. The van der Waals surface area contributed by atoms with Gasteiger partial charge in [0.05, 0.1) is 30.6 Å². The molecule has 1 saturated heterocycles. The Labute approximate surface area is 218 Å². The SMILES string of the molecule is CS(=O)(=O)Oc1ccc(Nc2ncc(C(N)=O)c(NCc3cccc(F)c3)n2)cc1C(=O)N1CCOCC1. The predicted molar refractivity (Wildman–Crippen MR) is 136 cm³/mol. The number of rotatable bonds is 9. The third-order valence-corrected chi connectivity index (χ3v) is 5.89. The van der Waals surface area contributed by atoms with Crippen LogP contribution in [0.4, 0.5) is 21.8 Å². The number of nitrogens with two attached hydrogens (primary N) is 1. The van der Waals surface area contributed by atoms with Gasteiger partial charge in [-0.1, -0.05) is 12.1 Å². The normalized spacial score (nSPS) is 13.6. The molecule has 0 spiro atoms. The zero-order chi connectivity index (χ0) is 27.3. The lowest BCUT2D eigenvalue weighted by Crippen LogP contribution is -2.40. The number of amides is 2. The van der Waals surface area contributed by atoms with Crippen molar-refractivity contribution in [2.24, 2.45) is 5.73 Å². The first-order valence-electron chi connectivity index (χ1n) is 11.4. The van der Waals surface area contributed by atoms with Gasteiger partial charge in [0.25, 0.3) is 11.8 Å². The van der Waals surface area contributed by atoms with Gasteiger partial charge >= 0.3 is 10.1 Å². The molecule has 1 aliphatic heterocycles. The van der Waals surface area contributed by atoms with Crippen molar-refractivity contribution in [2.45, 2.75) is 6.54 Å². The molecule has 1 aliphatic rings. The van der Waals surface area contributed by atoms with E-state index in [2.05, 4.69) is 20.6 Å². The molecule has 200 valence electrons. The topological polar surface area (TPSA) is 166 Å². The lowest BCUT2D eigenvalue weighted by atomic mass is 10.1. The maximum absolute atomic E-state index is 13.5. The van der Waals surface area contributed by atoms with Gasteiger partial charge in [-0.3, -0.25) is 9.59 Å². The van der Waals surface area contributed by atoms with Crippen molar-refractivity contribution >= 4 is 39.4 Å². The largest absolute Gasteiger partial charge is 0.382 e. The van der Waals surface area contributed by atoms with E-state index in [1.165, 1.54) is 41.4 Å². The summed E-state index contributed by atoms with van der Waals surface area (Å²) in [7, 11) is -3.90. The summed E-state index contributed by atoms with van der Waals surface area (Å²) in [5.41, 5.74) is 6.45. The Kier molecular flexibility index (Phi) is 8.02. The first-order chi connectivity index (χ1) is 18.1. The Morgan fingerprint density at radius 2 is 1.92 bits per heavy atom. The molecule has 4 N–H and O–H groups in total. The zero-order valence-electron chi connectivity index (χ0n) is 20.3. The third kappa shape index (κ3) is 6.92. The van der Waals surface area contributed by atoms with Gasteiger partial charge in [0.15, 0.2) is 5.75 Å². The second-order valence-electron chi connectivity index (χ2n) is 8.33. The molecule has 2 heterocycles. The number of carbonyl (C=O) groups excluding carboxylic acids is 2. The predicted octanol–water partition coefficient (Wildman–Crippen LogP) is 1.88. The average molecular weight is 545 g/mol. The Morgan fingerprint density at radius 3 is 2.61 bits per heavy atom. The van der Waals surface area contributed by atoms with E-state index < -0.39 is 27.7 Å². The van der Waals surface area contributed by atoms with Crippen molar-refractivity contribution in [3.8, 4) is 5.75 Å². The van der Waals surface area contributed by atoms with E-state index >= 15 is 0 Å². The first-order valence-corrected chi connectivity index (χ1v) is 13.2. The summed E-state index contributed by atoms with van der Waals surface area (Å²) in [5, 5.41) is 5.89. The molecule has 14 heteroatoms. The Morgan fingerprint density at radius 1 is 1.16 bits per heavy atom. The van der Waals surface area contributed by atoms with E-state index in [1.54, 1.807) is 12.1 Å². The summed E-state index contributed by atoms with van der Waals surface area (Å²) in [4.78, 5) is 35.0. The molecule has 38 heavy (non-hydrogen) atoms. The molecule has 0 aliphatic carbocycles. The summed E-state index contributed by atoms with van der Waals surface area (Å²) in [6.07, 6.45) is 2.11. The number of morpholine rings is 1. The van der Waals surface area contributed by atoms with E-state index in [-0.39, 0.29) is 35.2 Å². The van der Waals surface area contributed by atoms with Crippen molar-refractivity contribution in [2.75, 3.05) is 43.2 Å². The van der Waals surface area contributed by atoms with Crippen molar-refractivity contribution in [1.82, 2.24) is 14.9 Å². The van der Waals surface area contributed by atoms with Crippen LogP contribution in [0.3, 0.4) is 0 Å². The number of ether oxygens (including phenoxy) is 1. The van der Waals surface area contributed by atoms with Crippen LogP contribution < -0.4 is 20.6 Å². The van der Waals surface area contributed by atoms with Gasteiger partial charge in [-0.15, -0.1) is 0 Å². The fourth-order valence-electron chi connectivity index (χ4n) is 3.67. The maximum Gasteiger partial charge on any atom is 0.306 e. The molecule has 0 radical (unpaired) electrons. The van der Waals surface area contributed by atoms with Crippen LogP contribution in [0.5, 0.6) is 5.75 Å². The highest BCUT2D eigenvalue weighted by Gasteiger charge is 2.24. The highest BCUT2D eigenvalue weighted by Crippen LogP contribution is 2.28. The molecule has 1 aromatic heterocycles. The summed E-state index contributed by atoms with van der Waals surface area (Å²) in [6, 6.07) is 10.2. The molecule has 2 aromatic carbocycles. The van der Waals surface area contributed by atoms with Gasteiger partial charge in [-0.25, -0.2) is 9.37 Å². The number of anilines is 3. The number of carbonyl (C=O) groups is 2. The van der Waals surface area contributed by atoms with Gasteiger partial charge in [0.2, 0.25) is 5.95 Å². The molecule has 4 rings (SSSR count). The molecule has 3 aromatic rings. The van der Waals surface area contributed by atoms with E-state index in [4.69, 9.17) is 14.7 Å². The van der Waals surface area contributed by atoms with Crippen molar-refractivity contribution in [3.05, 3.63) is 71.2 Å². The number of halogens is 1. The highest BCUT2D eigenvalue weighted by molar-refractivity contribution is 7.86. The fourth-order valence-corrected chi connectivity index (χ4v) is 4.14. The summed E-state index contributed by atoms with van der Waals surface area (Å²) >= 11 is 0. The molecular weight excluding hydrogens is 519 g/mol. The van der Waals surface area contributed by atoms with Crippen LogP contribution in [0.15, 0.2) is 48.7 Å². The number of primary amides is 1. The molecule has 0 unspecified atom stereocenters. The van der Waals surface area contributed by atoms with Crippen LogP contribution in [-0.2, 0) is 21.4 Å². The minimum absolute atomic E-state index is 0.0144. The quantitative estimate of drug-likeness (QED) is 0.339. The molecule has 0 saturated carbocycles. The van der Waals surface area contributed by atoms with Crippen LogP contribution in [0.1, 0.15) is 26.3 Å². The van der Waals surface area contributed by atoms with E-state index in [1.807, 2.05) is 0 Å². The van der Waals surface area contributed by atoms with Crippen molar-refractivity contribution in [3.63, 3.8) is 0 Å². The lowest BCUT2D eigenvalue weighted by molar-refractivity contribution is 0.0302. The maximum atomic E-state index is 13.5.